The molecule has 0 spiro atoms. The van der Waals surface area contributed by atoms with Crippen LogP contribution in [0.3, 0.4) is 0 Å². The van der Waals surface area contributed by atoms with Gasteiger partial charge in [-0.25, -0.2) is 0 Å². The molecule has 0 N–H and O–H groups in total. The second kappa shape index (κ2) is 5.81. The Balaban J connectivity index is 1.71. The highest BCUT2D eigenvalue weighted by molar-refractivity contribution is 7.99. The summed E-state index contributed by atoms with van der Waals surface area (Å²) in [5.41, 5.74) is 3.25. The number of ketones is 1. The van der Waals surface area contributed by atoms with Crippen molar-refractivity contribution in [3.63, 3.8) is 0 Å². The molecule has 0 saturated carbocycles. The van der Waals surface area contributed by atoms with E-state index in [0.29, 0.717) is 6.42 Å². The quantitative estimate of drug-likeness (QED) is 0.770. The van der Waals surface area contributed by atoms with Crippen molar-refractivity contribution in [3.05, 3.63) is 53.6 Å². The first kappa shape index (κ1) is 13.9. The largest absolute Gasteiger partial charge is 0.372 e. The van der Waals surface area contributed by atoms with Crippen LogP contribution in [-0.4, -0.2) is 18.9 Å². The van der Waals surface area contributed by atoms with E-state index in [2.05, 4.69) is 35.2 Å². The summed E-state index contributed by atoms with van der Waals surface area (Å²) in [6, 6.07) is 14.7. The first-order valence-electron chi connectivity index (χ1n) is 7.99. The van der Waals surface area contributed by atoms with Crippen LogP contribution in [0.25, 0.3) is 0 Å². The zero-order chi connectivity index (χ0) is 14.9. The third-order valence-corrected chi connectivity index (χ3v) is 5.72. The highest BCUT2D eigenvalue weighted by Gasteiger charge is 2.21. The summed E-state index contributed by atoms with van der Waals surface area (Å²) < 4.78 is 0. The topological polar surface area (TPSA) is 20.3 Å². The van der Waals surface area contributed by atoms with Crippen molar-refractivity contribution in [3.8, 4) is 0 Å². The van der Waals surface area contributed by atoms with Gasteiger partial charge in [0, 0.05) is 40.6 Å². The predicted octanol–water partition coefficient (Wildman–Crippen LogP) is 4.57. The lowest BCUT2D eigenvalue weighted by Crippen LogP contribution is -2.29. The number of hydrogen-bond donors (Lipinski definition) is 0. The minimum Gasteiger partial charge on any atom is -0.372 e. The molecule has 2 aliphatic heterocycles. The van der Waals surface area contributed by atoms with Crippen molar-refractivity contribution in [2.75, 3.05) is 18.0 Å². The first-order valence-corrected chi connectivity index (χ1v) is 8.81. The Bertz CT molecular complexity index is 719. The number of piperidine rings is 1. The maximum Gasteiger partial charge on any atom is 0.168 e. The Morgan fingerprint density at radius 3 is 2.59 bits per heavy atom. The molecule has 0 atom stereocenters. The van der Waals surface area contributed by atoms with Crippen molar-refractivity contribution in [1.29, 1.82) is 0 Å². The van der Waals surface area contributed by atoms with E-state index in [4.69, 9.17) is 0 Å². The second-order valence-corrected chi connectivity index (χ2v) is 7.12. The second-order valence-electron chi connectivity index (χ2n) is 6.04. The van der Waals surface area contributed by atoms with Gasteiger partial charge in [-0.3, -0.25) is 4.79 Å². The van der Waals surface area contributed by atoms with Crippen LogP contribution in [0.2, 0.25) is 0 Å². The zero-order valence-electron chi connectivity index (χ0n) is 12.5. The van der Waals surface area contributed by atoms with Crippen LogP contribution in [0.5, 0.6) is 0 Å². The lowest BCUT2D eigenvalue weighted by Gasteiger charge is -2.29. The van der Waals surface area contributed by atoms with Crippen LogP contribution in [-0.2, 0) is 6.42 Å². The molecule has 4 rings (SSSR count). The number of benzene rings is 2. The summed E-state index contributed by atoms with van der Waals surface area (Å²) in [6.07, 6.45) is 4.35. The highest BCUT2D eigenvalue weighted by Crippen LogP contribution is 2.38. The van der Waals surface area contributed by atoms with E-state index in [-0.39, 0.29) is 5.78 Å². The summed E-state index contributed by atoms with van der Waals surface area (Å²) in [7, 11) is 0. The average Bonchev–Trinajstić information content (AvgIpc) is 2.71. The van der Waals surface area contributed by atoms with Crippen LogP contribution < -0.4 is 4.90 Å². The van der Waals surface area contributed by atoms with E-state index < -0.39 is 0 Å². The number of anilines is 1. The van der Waals surface area contributed by atoms with Gasteiger partial charge in [0.15, 0.2) is 5.78 Å². The third-order valence-electron chi connectivity index (χ3n) is 4.53. The predicted molar refractivity (Wildman–Crippen MR) is 91.1 cm³/mol. The number of fused-ring (bicyclic) bond motifs is 2. The van der Waals surface area contributed by atoms with Crippen LogP contribution in [0, 0.1) is 0 Å². The molecule has 22 heavy (non-hydrogen) atoms. The van der Waals surface area contributed by atoms with Gasteiger partial charge in [0.2, 0.25) is 0 Å². The Labute approximate surface area is 135 Å². The fourth-order valence-corrected chi connectivity index (χ4v) is 4.38. The number of carbonyl (C=O) groups excluding carboxylic acids is 1. The molecule has 2 nitrogen and oxygen atoms in total. The summed E-state index contributed by atoms with van der Waals surface area (Å²) in [6.45, 7) is 2.22. The van der Waals surface area contributed by atoms with Crippen molar-refractivity contribution in [2.45, 2.75) is 35.5 Å². The molecule has 0 aliphatic carbocycles. The summed E-state index contributed by atoms with van der Waals surface area (Å²) in [4.78, 5) is 17.4. The molecule has 112 valence electrons. The smallest absolute Gasteiger partial charge is 0.168 e. The summed E-state index contributed by atoms with van der Waals surface area (Å²) in [5, 5.41) is 0. The van der Waals surface area contributed by atoms with Crippen LogP contribution >= 0.6 is 11.8 Å². The molecule has 0 aromatic heterocycles. The minimum atomic E-state index is 0.242. The Kier molecular flexibility index (Phi) is 3.67. The van der Waals surface area contributed by atoms with Crippen molar-refractivity contribution in [1.82, 2.24) is 0 Å². The summed E-state index contributed by atoms with van der Waals surface area (Å²) in [5.74, 6) is 0.242. The number of carbonyl (C=O) groups is 1. The molecular formula is C19H19NOS. The van der Waals surface area contributed by atoms with E-state index in [1.54, 1.807) is 11.8 Å². The van der Waals surface area contributed by atoms with Gasteiger partial charge in [-0.1, -0.05) is 30.0 Å². The molecule has 1 saturated heterocycles. The maximum atomic E-state index is 12.7. The van der Waals surface area contributed by atoms with Gasteiger partial charge in [-0.15, -0.1) is 0 Å². The zero-order valence-corrected chi connectivity index (χ0v) is 13.4. The van der Waals surface area contributed by atoms with Crippen LogP contribution in [0.15, 0.2) is 52.3 Å². The normalized spacial score (nSPS) is 17.6. The van der Waals surface area contributed by atoms with E-state index in [0.717, 1.165) is 29.1 Å². The molecule has 2 aromatic rings. The molecule has 3 heteroatoms. The van der Waals surface area contributed by atoms with E-state index in [1.165, 1.54) is 29.8 Å². The van der Waals surface area contributed by atoms with Gasteiger partial charge in [0.05, 0.1) is 0 Å². The molecule has 2 heterocycles. The fourth-order valence-electron chi connectivity index (χ4n) is 3.31. The number of rotatable bonds is 1. The maximum absolute atomic E-state index is 12.7. The number of nitrogens with zero attached hydrogens (tertiary/aromatic N) is 1. The first-order chi connectivity index (χ1) is 10.8. The van der Waals surface area contributed by atoms with Crippen LogP contribution in [0.1, 0.15) is 35.2 Å². The van der Waals surface area contributed by atoms with E-state index >= 15 is 0 Å². The lowest BCUT2D eigenvalue weighted by atomic mass is 10.0. The fraction of sp³-hybridized carbons (Fsp3) is 0.316. The molecular weight excluding hydrogens is 290 g/mol. The van der Waals surface area contributed by atoms with Crippen molar-refractivity contribution >= 4 is 23.2 Å². The van der Waals surface area contributed by atoms with Gasteiger partial charge < -0.3 is 4.90 Å². The Morgan fingerprint density at radius 2 is 1.73 bits per heavy atom. The highest BCUT2D eigenvalue weighted by atomic mass is 32.2. The van der Waals surface area contributed by atoms with Crippen molar-refractivity contribution in [2.24, 2.45) is 0 Å². The molecule has 1 fully saturated rings. The molecule has 2 aliphatic rings. The SMILES string of the molecule is O=C1Cc2ccccc2Sc2ccc(N3CCCCC3)cc21. The standard InChI is InChI=1S/C19H19NOS/c21-17-12-14-6-2-3-7-18(14)22-19-9-8-15(13-16(17)19)20-10-4-1-5-11-20/h2-3,6-9,13H,1,4-5,10-12H2. The molecule has 0 radical (unpaired) electrons. The summed E-state index contributed by atoms with van der Waals surface area (Å²) >= 11 is 1.72. The lowest BCUT2D eigenvalue weighted by molar-refractivity contribution is 0.0990. The van der Waals surface area contributed by atoms with Gasteiger partial charge in [0.25, 0.3) is 0 Å². The van der Waals surface area contributed by atoms with Gasteiger partial charge in [0.1, 0.15) is 0 Å². The monoisotopic (exact) mass is 309 g/mol. The van der Waals surface area contributed by atoms with E-state index in [9.17, 15) is 4.79 Å². The van der Waals surface area contributed by atoms with Gasteiger partial charge >= 0.3 is 0 Å². The third kappa shape index (κ3) is 2.54. The number of Topliss-reactive ketones (excluding diaryl/α,β-unsaturated/α-hetero) is 1. The Hall–Kier alpha value is -1.74. The number of hydrogen-bond acceptors (Lipinski definition) is 3. The van der Waals surface area contributed by atoms with Gasteiger partial charge in [-0.05, 0) is 49.1 Å². The molecule has 0 bridgehead atoms. The van der Waals surface area contributed by atoms with Crippen LogP contribution in [0.4, 0.5) is 5.69 Å². The Morgan fingerprint density at radius 1 is 0.909 bits per heavy atom. The molecule has 0 unspecified atom stereocenters. The molecule has 0 amide bonds. The van der Waals surface area contributed by atoms with Gasteiger partial charge in [-0.2, -0.15) is 0 Å². The van der Waals surface area contributed by atoms with Crippen molar-refractivity contribution < 1.29 is 4.79 Å². The minimum absolute atomic E-state index is 0.242. The average molecular weight is 309 g/mol. The molecule has 2 aromatic carbocycles. The van der Waals surface area contributed by atoms with E-state index in [1.807, 2.05) is 12.1 Å².